The summed E-state index contributed by atoms with van der Waals surface area (Å²) in [5.41, 5.74) is 3.57. The number of aromatic nitrogens is 2. The van der Waals surface area contributed by atoms with Gasteiger partial charge in [-0.05, 0) is 18.6 Å². The maximum absolute atomic E-state index is 13.7. The van der Waals surface area contributed by atoms with Gasteiger partial charge in [0.1, 0.15) is 23.9 Å². The van der Waals surface area contributed by atoms with Gasteiger partial charge >= 0.3 is 0 Å². The maximum atomic E-state index is 13.7. The first-order chi connectivity index (χ1) is 15.7. The molecule has 2 aromatic carbocycles. The smallest absolute Gasteiger partial charge is 0.241 e. The van der Waals surface area contributed by atoms with Crippen LogP contribution in [0, 0.1) is 0 Å². The van der Waals surface area contributed by atoms with Crippen molar-refractivity contribution in [2.45, 2.75) is 37.3 Å². The number of thioether (sulfide) groups is 1. The number of benzene rings is 2. The van der Waals surface area contributed by atoms with Crippen LogP contribution < -0.4 is 15.4 Å². The van der Waals surface area contributed by atoms with Gasteiger partial charge in [-0.15, -0.1) is 0 Å². The molecule has 3 aromatic rings. The van der Waals surface area contributed by atoms with Crippen LogP contribution in [-0.2, 0) is 27.6 Å². The van der Waals surface area contributed by atoms with E-state index >= 15 is 0 Å². The van der Waals surface area contributed by atoms with Crippen LogP contribution in [0.4, 0.5) is 5.82 Å². The van der Waals surface area contributed by atoms with Crippen molar-refractivity contribution in [3.05, 3.63) is 70.9 Å². The lowest BCUT2D eigenvalue weighted by Crippen LogP contribution is -2.31. The van der Waals surface area contributed by atoms with E-state index in [0.717, 1.165) is 40.3 Å². The standard InChI is InChI=1S/C24H24N4O3S/c1-2-11-25-21(29)12-28-23(17-13-32-14-18(17)27-28)26-24(30)22-15-7-3-5-9-19(15)31-20-10-6-4-8-16(20)22/h3-10,22H,2,11-14H2,1H3,(H,25,29)(H,26,30). The minimum absolute atomic E-state index is 0.0776. The lowest BCUT2D eigenvalue weighted by molar-refractivity contribution is -0.122. The molecule has 0 saturated heterocycles. The lowest BCUT2D eigenvalue weighted by Gasteiger charge is -2.27. The third-order valence-electron chi connectivity index (χ3n) is 5.67. The van der Waals surface area contributed by atoms with E-state index in [2.05, 4.69) is 15.7 Å². The second kappa shape index (κ2) is 8.70. The van der Waals surface area contributed by atoms with Crippen molar-refractivity contribution in [3.8, 4) is 11.5 Å². The average Bonchev–Trinajstić information content (AvgIpc) is 3.38. The molecule has 7 nitrogen and oxygen atoms in total. The summed E-state index contributed by atoms with van der Waals surface area (Å²) in [6, 6.07) is 15.2. The predicted molar refractivity (Wildman–Crippen MR) is 124 cm³/mol. The second-order valence-corrected chi connectivity index (χ2v) is 8.86. The Bertz CT molecular complexity index is 1140. The third-order valence-corrected chi connectivity index (χ3v) is 6.64. The van der Waals surface area contributed by atoms with Gasteiger partial charge in [-0.1, -0.05) is 43.3 Å². The second-order valence-electron chi connectivity index (χ2n) is 7.87. The Morgan fingerprint density at radius 2 is 1.78 bits per heavy atom. The minimum Gasteiger partial charge on any atom is -0.457 e. The molecule has 3 heterocycles. The minimum atomic E-state index is -0.516. The molecule has 0 radical (unpaired) electrons. The summed E-state index contributed by atoms with van der Waals surface area (Å²) in [5, 5.41) is 10.6. The van der Waals surface area contributed by atoms with Gasteiger partial charge in [-0.25, -0.2) is 4.68 Å². The van der Waals surface area contributed by atoms with Gasteiger partial charge in [0, 0.05) is 34.7 Å². The number of amides is 2. The van der Waals surface area contributed by atoms with Crippen LogP contribution in [0.1, 0.15) is 41.6 Å². The van der Waals surface area contributed by atoms with E-state index in [1.54, 1.807) is 16.4 Å². The predicted octanol–water partition coefficient (Wildman–Crippen LogP) is 4.03. The van der Waals surface area contributed by atoms with Crippen molar-refractivity contribution in [2.24, 2.45) is 0 Å². The molecule has 0 aliphatic carbocycles. The monoisotopic (exact) mass is 448 g/mol. The molecule has 1 aromatic heterocycles. The van der Waals surface area contributed by atoms with Gasteiger partial charge in [-0.3, -0.25) is 9.59 Å². The molecule has 0 fully saturated rings. The number of rotatable bonds is 6. The van der Waals surface area contributed by atoms with E-state index < -0.39 is 5.92 Å². The van der Waals surface area contributed by atoms with E-state index in [-0.39, 0.29) is 18.4 Å². The summed E-state index contributed by atoms with van der Waals surface area (Å²) >= 11 is 1.76. The highest BCUT2D eigenvalue weighted by Gasteiger charge is 2.34. The van der Waals surface area contributed by atoms with Crippen molar-refractivity contribution in [2.75, 3.05) is 11.9 Å². The number of para-hydroxylation sites is 2. The quantitative estimate of drug-likeness (QED) is 0.595. The summed E-state index contributed by atoms with van der Waals surface area (Å²) in [6.45, 7) is 2.70. The lowest BCUT2D eigenvalue weighted by atomic mass is 9.87. The van der Waals surface area contributed by atoms with Gasteiger partial charge in [0.25, 0.3) is 0 Å². The zero-order valence-corrected chi connectivity index (χ0v) is 18.6. The van der Waals surface area contributed by atoms with Crippen molar-refractivity contribution in [1.82, 2.24) is 15.1 Å². The number of hydrogen-bond donors (Lipinski definition) is 2. The first-order valence-electron chi connectivity index (χ1n) is 10.7. The third kappa shape index (κ3) is 3.75. The van der Waals surface area contributed by atoms with Crippen molar-refractivity contribution in [3.63, 3.8) is 0 Å². The van der Waals surface area contributed by atoms with E-state index in [1.165, 1.54) is 0 Å². The summed E-state index contributed by atoms with van der Waals surface area (Å²) in [7, 11) is 0. The summed E-state index contributed by atoms with van der Waals surface area (Å²) < 4.78 is 7.66. The zero-order chi connectivity index (χ0) is 22.1. The number of ether oxygens (including phenoxy) is 1. The Balaban J connectivity index is 1.48. The van der Waals surface area contributed by atoms with Gasteiger partial charge < -0.3 is 15.4 Å². The van der Waals surface area contributed by atoms with Crippen molar-refractivity contribution in [1.29, 1.82) is 0 Å². The van der Waals surface area contributed by atoms with Crippen LogP contribution in [0.15, 0.2) is 48.5 Å². The average molecular weight is 449 g/mol. The normalized spacial score (nSPS) is 14.2. The highest BCUT2D eigenvalue weighted by atomic mass is 32.2. The molecule has 0 unspecified atom stereocenters. The van der Waals surface area contributed by atoms with Crippen LogP contribution in [0.5, 0.6) is 11.5 Å². The molecule has 2 N–H and O–H groups in total. The summed E-state index contributed by atoms with van der Waals surface area (Å²) in [5.74, 6) is 2.73. The Morgan fingerprint density at radius 3 is 2.47 bits per heavy atom. The van der Waals surface area contributed by atoms with E-state index in [4.69, 9.17) is 4.74 Å². The Morgan fingerprint density at radius 1 is 1.09 bits per heavy atom. The molecular formula is C24H24N4O3S. The van der Waals surface area contributed by atoms with E-state index in [1.807, 2.05) is 55.5 Å². The first-order valence-corrected chi connectivity index (χ1v) is 11.9. The number of nitrogens with one attached hydrogen (secondary N) is 2. The van der Waals surface area contributed by atoms with Crippen molar-refractivity contribution >= 4 is 29.4 Å². The van der Waals surface area contributed by atoms with Crippen LogP contribution in [0.3, 0.4) is 0 Å². The highest BCUT2D eigenvalue weighted by molar-refractivity contribution is 7.98. The number of anilines is 1. The number of fused-ring (bicyclic) bond motifs is 3. The molecule has 0 atom stereocenters. The Hall–Kier alpha value is -3.26. The molecule has 8 heteroatoms. The molecule has 2 amide bonds. The molecule has 5 rings (SSSR count). The molecule has 0 saturated carbocycles. The number of carbonyl (C=O) groups is 2. The summed E-state index contributed by atoms with van der Waals surface area (Å²) in [4.78, 5) is 26.0. The van der Waals surface area contributed by atoms with Gasteiger partial charge in [0.2, 0.25) is 11.8 Å². The number of nitrogens with zero attached hydrogens (tertiary/aromatic N) is 2. The molecule has 2 aliphatic heterocycles. The van der Waals surface area contributed by atoms with Crippen molar-refractivity contribution < 1.29 is 14.3 Å². The maximum Gasteiger partial charge on any atom is 0.241 e. The molecule has 164 valence electrons. The molecule has 0 bridgehead atoms. The molecule has 2 aliphatic rings. The van der Waals surface area contributed by atoms with E-state index in [9.17, 15) is 9.59 Å². The SMILES string of the molecule is CCCNC(=O)Cn1nc2c(c1NC(=O)C1c3ccccc3Oc3ccccc31)CSC2. The molecule has 32 heavy (non-hydrogen) atoms. The fraction of sp³-hybridized carbons (Fsp3) is 0.292. The fourth-order valence-electron chi connectivity index (χ4n) is 4.16. The topological polar surface area (TPSA) is 85.3 Å². The van der Waals surface area contributed by atoms with E-state index in [0.29, 0.717) is 23.9 Å². The number of carbonyl (C=O) groups excluding carboxylic acids is 2. The van der Waals surface area contributed by atoms with Crippen LogP contribution in [0.2, 0.25) is 0 Å². The first kappa shape index (κ1) is 20.6. The summed E-state index contributed by atoms with van der Waals surface area (Å²) in [6.07, 6.45) is 0.865. The zero-order valence-electron chi connectivity index (χ0n) is 17.8. The fourth-order valence-corrected chi connectivity index (χ4v) is 5.19. The van der Waals surface area contributed by atoms with Crippen LogP contribution >= 0.6 is 11.8 Å². The van der Waals surface area contributed by atoms with Gasteiger partial charge in [-0.2, -0.15) is 16.9 Å². The van der Waals surface area contributed by atoms with Crippen LogP contribution in [-0.4, -0.2) is 28.1 Å². The number of hydrogen-bond acceptors (Lipinski definition) is 5. The molecule has 0 spiro atoms. The van der Waals surface area contributed by atoms with Gasteiger partial charge in [0.05, 0.1) is 11.6 Å². The molecular weight excluding hydrogens is 424 g/mol. The largest absolute Gasteiger partial charge is 0.457 e. The Kier molecular flexibility index (Phi) is 5.61. The van der Waals surface area contributed by atoms with Crippen LogP contribution in [0.25, 0.3) is 0 Å². The highest BCUT2D eigenvalue weighted by Crippen LogP contribution is 2.44. The Labute approximate surface area is 190 Å². The van der Waals surface area contributed by atoms with Gasteiger partial charge in [0.15, 0.2) is 0 Å².